The lowest BCUT2D eigenvalue weighted by atomic mass is 10.2. The molecule has 5 heteroatoms. The van der Waals surface area contributed by atoms with E-state index in [4.69, 9.17) is 4.98 Å². The standard InChI is InChI=1S/C15H28N4S/c1-12(2)10-19(8-7-18(3)4)15-17-14(11-20-15)9-16-13-5-6-13/h11-13,16H,5-10H2,1-4H3. The Morgan fingerprint density at radius 2 is 2.10 bits per heavy atom. The van der Waals surface area contributed by atoms with Crippen molar-refractivity contribution < 1.29 is 0 Å². The molecule has 0 bridgehead atoms. The highest BCUT2D eigenvalue weighted by atomic mass is 32.1. The van der Waals surface area contributed by atoms with Gasteiger partial charge in [0.05, 0.1) is 5.69 Å². The van der Waals surface area contributed by atoms with Crippen LogP contribution in [0.15, 0.2) is 5.38 Å². The van der Waals surface area contributed by atoms with Gasteiger partial charge in [0.25, 0.3) is 0 Å². The van der Waals surface area contributed by atoms with Crippen LogP contribution in [0.5, 0.6) is 0 Å². The van der Waals surface area contributed by atoms with E-state index in [1.165, 1.54) is 23.7 Å². The van der Waals surface area contributed by atoms with Gasteiger partial charge >= 0.3 is 0 Å². The zero-order valence-corrected chi connectivity index (χ0v) is 14.0. The smallest absolute Gasteiger partial charge is 0.185 e. The average molecular weight is 296 g/mol. The van der Waals surface area contributed by atoms with Crippen molar-refractivity contribution in [1.82, 2.24) is 15.2 Å². The third kappa shape index (κ3) is 5.38. The first-order chi connectivity index (χ1) is 9.54. The fraction of sp³-hybridized carbons (Fsp3) is 0.800. The van der Waals surface area contributed by atoms with Gasteiger partial charge in [0, 0.05) is 37.6 Å². The van der Waals surface area contributed by atoms with Gasteiger partial charge in [-0.2, -0.15) is 0 Å². The van der Waals surface area contributed by atoms with E-state index in [1.807, 2.05) is 0 Å². The Kier molecular flexibility index (Phi) is 5.81. The molecule has 1 fully saturated rings. The monoisotopic (exact) mass is 296 g/mol. The first kappa shape index (κ1) is 15.7. The van der Waals surface area contributed by atoms with Crippen LogP contribution in [0.4, 0.5) is 5.13 Å². The largest absolute Gasteiger partial charge is 0.347 e. The van der Waals surface area contributed by atoms with Crippen LogP contribution >= 0.6 is 11.3 Å². The second-order valence-corrected chi connectivity index (χ2v) is 7.26. The SMILES string of the molecule is CC(C)CN(CCN(C)C)c1nc(CNC2CC2)cs1. The number of nitrogens with one attached hydrogen (secondary N) is 1. The van der Waals surface area contributed by atoms with Crippen LogP contribution in [-0.2, 0) is 6.54 Å². The van der Waals surface area contributed by atoms with Crippen molar-refractivity contribution in [2.75, 3.05) is 38.6 Å². The highest BCUT2D eigenvalue weighted by molar-refractivity contribution is 7.13. The van der Waals surface area contributed by atoms with Crippen molar-refractivity contribution in [2.24, 2.45) is 5.92 Å². The van der Waals surface area contributed by atoms with E-state index in [0.29, 0.717) is 5.92 Å². The molecule has 1 aromatic heterocycles. The van der Waals surface area contributed by atoms with Crippen LogP contribution in [-0.4, -0.2) is 49.7 Å². The zero-order valence-electron chi connectivity index (χ0n) is 13.2. The first-order valence-electron chi connectivity index (χ1n) is 7.62. The molecular formula is C15H28N4S. The summed E-state index contributed by atoms with van der Waals surface area (Å²) in [5.41, 5.74) is 1.19. The Morgan fingerprint density at radius 1 is 1.35 bits per heavy atom. The summed E-state index contributed by atoms with van der Waals surface area (Å²) in [5.74, 6) is 0.661. The number of thiazole rings is 1. The summed E-state index contributed by atoms with van der Waals surface area (Å²) in [5, 5.41) is 6.91. The van der Waals surface area contributed by atoms with E-state index in [2.05, 4.69) is 48.4 Å². The summed E-state index contributed by atoms with van der Waals surface area (Å²) in [6.45, 7) is 8.66. The summed E-state index contributed by atoms with van der Waals surface area (Å²) in [4.78, 5) is 9.46. The first-order valence-corrected chi connectivity index (χ1v) is 8.50. The minimum atomic E-state index is 0.661. The van der Waals surface area contributed by atoms with Crippen molar-refractivity contribution in [2.45, 2.75) is 39.3 Å². The highest BCUT2D eigenvalue weighted by Gasteiger charge is 2.20. The lowest BCUT2D eigenvalue weighted by molar-refractivity contribution is 0.409. The Bertz CT molecular complexity index is 398. The van der Waals surface area contributed by atoms with Crippen LogP contribution in [0.3, 0.4) is 0 Å². The van der Waals surface area contributed by atoms with E-state index < -0.39 is 0 Å². The number of likely N-dealkylation sites (N-methyl/N-ethyl adjacent to an activating group) is 1. The molecule has 4 nitrogen and oxygen atoms in total. The number of rotatable bonds is 9. The van der Waals surface area contributed by atoms with Gasteiger partial charge in [-0.1, -0.05) is 13.8 Å². The van der Waals surface area contributed by atoms with E-state index in [0.717, 1.165) is 32.2 Å². The molecule has 0 aliphatic heterocycles. The van der Waals surface area contributed by atoms with Gasteiger partial charge in [0.2, 0.25) is 0 Å². The average Bonchev–Trinajstić information content (AvgIpc) is 3.09. The predicted octanol–water partition coefficient (Wildman–Crippen LogP) is 2.42. The highest BCUT2D eigenvalue weighted by Crippen LogP contribution is 2.23. The van der Waals surface area contributed by atoms with Gasteiger partial charge in [0.15, 0.2) is 5.13 Å². The zero-order chi connectivity index (χ0) is 14.5. The molecule has 1 N–H and O–H groups in total. The minimum absolute atomic E-state index is 0.661. The van der Waals surface area contributed by atoms with Gasteiger partial charge < -0.3 is 15.1 Å². The third-order valence-electron chi connectivity index (χ3n) is 3.36. The number of anilines is 1. The number of hydrogen-bond donors (Lipinski definition) is 1. The molecule has 1 heterocycles. The minimum Gasteiger partial charge on any atom is -0.347 e. The Labute approximate surface area is 127 Å². The normalized spacial score (nSPS) is 15.3. The Morgan fingerprint density at radius 3 is 2.70 bits per heavy atom. The predicted molar refractivity (Wildman–Crippen MR) is 87.6 cm³/mol. The summed E-state index contributed by atoms with van der Waals surface area (Å²) in [6, 6.07) is 0.751. The maximum Gasteiger partial charge on any atom is 0.185 e. The fourth-order valence-electron chi connectivity index (χ4n) is 2.09. The van der Waals surface area contributed by atoms with Gasteiger partial charge in [-0.15, -0.1) is 11.3 Å². The van der Waals surface area contributed by atoms with Crippen molar-refractivity contribution >= 4 is 16.5 Å². The van der Waals surface area contributed by atoms with Crippen molar-refractivity contribution in [3.63, 3.8) is 0 Å². The van der Waals surface area contributed by atoms with Crippen LogP contribution in [0, 0.1) is 5.92 Å². The van der Waals surface area contributed by atoms with Crippen molar-refractivity contribution in [3.05, 3.63) is 11.1 Å². The number of hydrogen-bond acceptors (Lipinski definition) is 5. The van der Waals surface area contributed by atoms with E-state index in [1.54, 1.807) is 11.3 Å². The van der Waals surface area contributed by atoms with Gasteiger partial charge in [-0.25, -0.2) is 4.98 Å². The molecule has 0 unspecified atom stereocenters. The molecule has 1 aromatic rings. The second kappa shape index (κ2) is 7.38. The molecule has 0 spiro atoms. The molecule has 114 valence electrons. The summed E-state index contributed by atoms with van der Waals surface area (Å²) < 4.78 is 0. The van der Waals surface area contributed by atoms with Crippen molar-refractivity contribution in [1.29, 1.82) is 0 Å². The summed E-state index contributed by atoms with van der Waals surface area (Å²) >= 11 is 1.78. The summed E-state index contributed by atoms with van der Waals surface area (Å²) in [6.07, 6.45) is 2.67. The number of aromatic nitrogens is 1. The molecule has 2 rings (SSSR count). The van der Waals surface area contributed by atoms with E-state index in [9.17, 15) is 0 Å². The summed E-state index contributed by atoms with van der Waals surface area (Å²) in [7, 11) is 4.25. The maximum absolute atomic E-state index is 4.80. The molecule has 0 saturated heterocycles. The third-order valence-corrected chi connectivity index (χ3v) is 4.31. The second-order valence-electron chi connectivity index (χ2n) is 6.42. The van der Waals surface area contributed by atoms with Crippen LogP contribution in [0.1, 0.15) is 32.4 Å². The fourth-order valence-corrected chi connectivity index (χ4v) is 2.95. The Hall–Kier alpha value is -0.650. The molecule has 1 aliphatic carbocycles. The van der Waals surface area contributed by atoms with Gasteiger partial charge in [0.1, 0.15) is 0 Å². The van der Waals surface area contributed by atoms with E-state index in [-0.39, 0.29) is 0 Å². The lowest BCUT2D eigenvalue weighted by Gasteiger charge is -2.25. The molecule has 0 aromatic carbocycles. The quantitative estimate of drug-likeness (QED) is 0.758. The number of nitrogens with zero attached hydrogens (tertiary/aromatic N) is 3. The Balaban J connectivity index is 1.91. The molecule has 0 amide bonds. The van der Waals surface area contributed by atoms with Crippen LogP contribution in [0.2, 0.25) is 0 Å². The lowest BCUT2D eigenvalue weighted by Crippen LogP contribution is -2.34. The molecule has 0 atom stereocenters. The molecular weight excluding hydrogens is 268 g/mol. The topological polar surface area (TPSA) is 31.4 Å². The van der Waals surface area contributed by atoms with Gasteiger partial charge in [-0.05, 0) is 32.9 Å². The van der Waals surface area contributed by atoms with Gasteiger partial charge in [-0.3, -0.25) is 0 Å². The molecule has 20 heavy (non-hydrogen) atoms. The van der Waals surface area contributed by atoms with E-state index >= 15 is 0 Å². The van der Waals surface area contributed by atoms with Crippen LogP contribution < -0.4 is 10.2 Å². The molecule has 1 saturated carbocycles. The van der Waals surface area contributed by atoms with Crippen LogP contribution in [0.25, 0.3) is 0 Å². The van der Waals surface area contributed by atoms with Crippen molar-refractivity contribution in [3.8, 4) is 0 Å². The molecule has 1 aliphatic rings. The molecule has 0 radical (unpaired) electrons. The maximum atomic E-state index is 4.80.